The minimum atomic E-state index is -0.179. The summed E-state index contributed by atoms with van der Waals surface area (Å²) in [6.45, 7) is 4.54. The molecule has 6 aromatic rings. The highest BCUT2D eigenvalue weighted by Crippen LogP contribution is 2.46. The van der Waals surface area contributed by atoms with Crippen LogP contribution in [0.1, 0.15) is 26.7 Å². The zero-order chi connectivity index (χ0) is 30.4. The lowest BCUT2D eigenvalue weighted by Gasteiger charge is -2.36. The predicted molar refractivity (Wildman–Crippen MR) is 193 cm³/mol. The average molecular weight is 581 g/mol. The number of rotatable bonds is 5. The zero-order valence-electron chi connectivity index (χ0n) is 25.8. The molecule has 0 aromatic heterocycles. The van der Waals surface area contributed by atoms with Crippen LogP contribution < -0.4 is 20.7 Å². The fraction of sp³-hybridized carbons (Fsp3) is 0.116. The van der Waals surface area contributed by atoms with E-state index in [9.17, 15) is 0 Å². The molecule has 45 heavy (non-hydrogen) atoms. The first-order valence-corrected chi connectivity index (χ1v) is 16.0. The highest BCUT2D eigenvalue weighted by atomic mass is 15.4. The lowest BCUT2D eigenvalue weighted by Crippen LogP contribution is -2.44. The number of para-hydroxylation sites is 2. The van der Waals surface area contributed by atoms with Crippen LogP contribution in [-0.2, 0) is 0 Å². The molecule has 8 rings (SSSR count). The summed E-state index contributed by atoms with van der Waals surface area (Å²) >= 11 is 0. The highest BCUT2D eigenvalue weighted by Gasteiger charge is 2.38. The maximum atomic E-state index is 3.77. The minimum absolute atomic E-state index is 0.179. The number of hydrogen-bond donors (Lipinski definition) is 1. The Morgan fingerprint density at radius 1 is 0.622 bits per heavy atom. The Bertz CT molecular complexity index is 2190. The van der Waals surface area contributed by atoms with Gasteiger partial charge >= 0.3 is 0 Å². The molecule has 218 valence electrons. The summed E-state index contributed by atoms with van der Waals surface area (Å²) in [5, 5.41) is 8.92. The van der Waals surface area contributed by atoms with Crippen molar-refractivity contribution in [1.29, 1.82) is 0 Å². The monoisotopic (exact) mass is 580 g/mol. The summed E-state index contributed by atoms with van der Waals surface area (Å²) in [6, 6.07) is 46.5. The molecule has 0 amide bonds. The van der Waals surface area contributed by atoms with Gasteiger partial charge in [-0.25, -0.2) is 0 Å². The van der Waals surface area contributed by atoms with Crippen molar-refractivity contribution < 1.29 is 0 Å². The first kappa shape index (κ1) is 27.2. The third-order valence-electron chi connectivity index (χ3n) is 9.58. The normalized spacial score (nSPS) is 16.7. The Kier molecular flexibility index (Phi) is 6.64. The first-order chi connectivity index (χ1) is 22.1. The van der Waals surface area contributed by atoms with Crippen LogP contribution in [0.4, 0.5) is 17.1 Å². The van der Waals surface area contributed by atoms with Crippen molar-refractivity contribution in [2.45, 2.75) is 32.4 Å². The van der Waals surface area contributed by atoms with Gasteiger partial charge in [0.1, 0.15) is 5.66 Å². The maximum absolute atomic E-state index is 3.77. The van der Waals surface area contributed by atoms with Gasteiger partial charge in [0.25, 0.3) is 0 Å². The number of hydrogen-bond acceptors (Lipinski definition) is 2. The van der Waals surface area contributed by atoms with E-state index in [-0.39, 0.29) is 5.66 Å². The van der Waals surface area contributed by atoms with Crippen LogP contribution in [0, 0.1) is 0 Å². The number of nitrogens with zero attached hydrogens (tertiary/aromatic N) is 1. The van der Waals surface area contributed by atoms with E-state index in [0.29, 0.717) is 0 Å². The van der Waals surface area contributed by atoms with Crippen LogP contribution in [0.15, 0.2) is 140 Å². The van der Waals surface area contributed by atoms with Gasteiger partial charge in [0.05, 0.1) is 11.4 Å². The smallest absolute Gasteiger partial charge is 0.112 e. The van der Waals surface area contributed by atoms with Crippen LogP contribution in [0.3, 0.4) is 0 Å². The number of benzene rings is 6. The molecule has 0 radical (unpaired) electrons. The molecule has 1 unspecified atom stereocenters. The number of allylic oxidation sites excluding steroid dienone is 2. The van der Waals surface area contributed by atoms with Crippen LogP contribution >= 0.6 is 0 Å². The largest absolute Gasteiger partial charge is 0.361 e. The summed E-state index contributed by atoms with van der Waals surface area (Å²) in [4.78, 5) is 2.46. The average Bonchev–Trinajstić information content (AvgIpc) is 3.21. The third-order valence-corrected chi connectivity index (χ3v) is 9.58. The topological polar surface area (TPSA) is 15.3 Å². The van der Waals surface area contributed by atoms with Crippen LogP contribution in [0.2, 0.25) is 0 Å². The van der Waals surface area contributed by atoms with E-state index in [0.717, 1.165) is 12.8 Å². The minimum Gasteiger partial charge on any atom is -0.361 e. The standard InChI is InChI=1S/C43H36N2/c1-3-43(2)44-39-20-12-13-21-40(39)45(43)34-28-26-33(27-29-34)42-36-17-9-5-8-16-35(36)41(37-18-10-11-19-38(37)42)32-24-22-31(23-25-32)30-14-6-4-7-15-30/h4-8,10-29,44H,3,9H2,1-2H3. The maximum Gasteiger partial charge on any atom is 0.112 e. The molecule has 2 nitrogen and oxygen atoms in total. The molecule has 0 saturated carbocycles. The summed E-state index contributed by atoms with van der Waals surface area (Å²) in [7, 11) is 0. The van der Waals surface area contributed by atoms with E-state index >= 15 is 0 Å². The second-order valence-corrected chi connectivity index (χ2v) is 12.3. The first-order valence-electron chi connectivity index (χ1n) is 16.0. The summed E-state index contributed by atoms with van der Waals surface area (Å²) < 4.78 is 0. The molecule has 0 spiro atoms. The molecular weight excluding hydrogens is 544 g/mol. The van der Waals surface area contributed by atoms with E-state index in [1.54, 1.807) is 0 Å². The SMILES string of the molecule is CCC1(C)Nc2ccccc2N1c1ccc(-c2c3c(c(-c4ccc(-c5ccccc5)cc4)c4ccccc24)=CC=CCC=3)cc1. The second-order valence-electron chi connectivity index (χ2n) is 12.3. The lowest BCUT2D eigenvalue weighted by atomic mass is 9.87. The van der Waals surface area contributed by atoms with Crippen LogP contribution in [0.5, 0.6) is 0 Å². The number of nitrogens with one attached hydrogen (secondary N) is 1. The van der Waals surface area contributed by atoms with Crippen LogP contribution in [-0.4, -0.2) is 5.66 Å². The Morgan fingerprint density at radius 2 is 1.20 bits per heavy atom. The van der Waals surface area contributed by atoms with E-state index in [1.807, 2.05) is 0 Å². The van der Waals surface area contributed by atoms with Gasteiger partial charge < -0.3 is 10.2 Å². The van der Waals surface area contributed by atoms with E-state index in [1.165, 1.54) is 71.7 Å². The Labute approximate surface area is 265 Å². The van der Waals surface area contributed by atoms with Crippen molar-refractivity contribution in [3.05, 3.63) is 150 Å². The van der Waals surface area contributed by atoms with E-state index < -0.39 is 0 Å². The summed E-state index contributed by atoms with van der Waals surface area (Å²) in [5.41, 5.74) is 11.0. The van der Waals surface area contributed by atoms with Crippen molar-refractivity contribution in [1.82, 2.24) is 0 Å². The fourth-order valence-corrected chi connectivity index (χ4v) is 7.21. The Hall–Kier alpha value is -5.34. The molecule has 0 saturated heterocycles. The molecular formula is C43H36N2. The quantitative estimate of drug-likeness (QED) is 0.218. The molecule has 2 heteroatoms. The van der Waals surface area contributed by atoms with Crippen molar-refractivity contribution in [3.8, 4) is 33.4 Å². The van der Waals surface area contributed by atoms with Gasteiger partial charge in [-0.3, -0.25) is 0 Å². The molecule has 1 heterocycles. The van der Waals surface area contributed by atoms with Gasteiger partial charge in [0.15, 0.2) is 0 Å². The van der Waals surface area contributed by atoms with Gasteiger partial charge in [-0.1, -0.05) is 134 Å². The predicted octanol–water partition coefficient (Wildman–Crippen LogP) is 10.1. The van der Waals surface area contributed by atoms with Crippen molar-refractivity contribution >= 4 is 40.0 Å². The summed E-state index contributed by atoms with van der Waals surface area (Å²) in [5.74, 6) is 0. The molecule has 1 atom stereocenters. The number of fused-ring (bicyclic) bond motifs is 3. The van der Waals surface area contributed by atoms with Crippen molar-refractivity contribution in [2.75, 3.05) is 10.2 Å². The second kappa shape index (κ2) is 11.0. The molecule has 6 aromatic carbocycles. The third kappa shape index (κ3) is 4.57. The highest BCUT2D eigenvalue weighted by molar-refractivity contribution is 6.06. The van der Waals surface area contributed by atoms with E-state index in [4.69, 9.17) is 0 Å². The molecule has 1 aliphatic carbocycles. The zero-order valence-corrected chi connectivity index (χ0v) is 25.8. The van der Waals surface area contributed by atoms with Gasteiger partial charge in [0.2, 0.25) is 0 Å². The van der Waals surface area contributed by atoms with Gasteiger partial charge in [0, 0.05) is 5.69 Å². The van der Waals surface area contributed by atoms with Gasteiger partial charge in [-0.05, 0) is 98.6 Å². The number of anilines is 3. The Balaban J connectivity index is 1.29. The van der Waals surface area contributed by atoms with Crippen molar-refractivity contribution in [3.63, 3.8) is 0 Å². The lowest BCUT2D eigenvalue weighted by molar-refractivity contribution is 0.522. The molecule has 0 bridgehead atoms. The van der Waals surface area contributed by atoms with E-state index in [2.05, 4.69) is 176 Å². The fourth-order valence-electron chi connectivity index (χ4n) is 7.21. The van der Waals surface area contributed by atoms with Gasteiger partial charge in [-0.2, -0.15) is 0 Å². The summed E-state index contributed by atoms with van der Waals surface area (Å²) in [6.07, 6.45) is 11.1. The molecule has 0 fully saturated rings. The molecule has 1 aliphatic heterocycles. The van der Waals surface area contributed by atoms with Crippen molar-refractivity contribution in [2.24, 2.45) is 0 Å². The molecule has 1 N–H and O–H groups in total. The molecule has 2 aliphatic rings. The van der Waals surface area contributed by atoms with Gasteiger partial charge in [-0.15, -0.1) is 0 Å². The van der Waals surface area contributed by atoms with Crippen LogP contribution in [0.25, 0.3) is 56.3 Å². The Morgan fingerprint density at radius 3 is 1.91 bits per heavy atom.